The molecule has 4 rings (SSSR count). The molecule has 3 N–H and O–H groups in total. The van der Waals surface area contributed by atoms with Crippen LogP contribution in [-0.4, -0.2) is 50.1 Å². The fraction of sp³-hybridized carbons (Fsp3) is 0.375. The number of carbonyl (C=O) groups excluding carboxylic acids is 1. The summed E-state index contributed by atoms with van der Waals surface area (Å²) in [7, 11) is -3.41. The standard InChI is InChI=1S/C32H33F4N3O4S/c1-30(33,19-31(20-37)15-16-31)17-24(18-38-29(41)26-5-3-4-6-27(26)40)39-28(32(34,35)36)23-9-7-21(8-10-23)22-11-13-25(14-12-22)44(2,42)43/h3-14,24,28,39-40H,15-19H2,1-2H3,(H,38,41)/t24?,28-,30?/m0/s1. The van der Waals surface area contributed by atoms with Gasteiger partial charge in [-0.2, -0.15) is 18.4 Å². The predicted molar refractivity (Wildman–Crippen MR) is 157 cm³/mol. The smallest absolute Gasteiger partial charge is 0.407 e. The molecule has 0 aliphatic heterocycles. The van der Waals surface area contributed by atoms with Crippen LogP contribution in [0.25, 0.3) is 11.1 Å². The lowest BCUT2D eigenvalue weighted by Crippen LogP contribution is -2.49. The van der Waals surface area contributed by atoms with E-state index in [2.05, 4.69) is 16.7 Å². The number of aromatic hydroxyl groups is 1. The molecule has 0 bridgehead atoms. The summed E-state index contributed by atoms with van der Waals surface area (Å²) in [4.78, 5) is 12.8. The summed E-state index contributed by atoms with van der Waals surface area (Å²) in [5.74, 6) is -1.05. The minimum Gasteiger partial charge on any atom is -0.507 e. The number of para-hydroxylation sites is 1. The van der Waals surface area contributed by atoms with Gasteiger partial charge in [0.15, 0.2) is 9.84 Å². The third-order valence-electron chi connectivity index (χ3n) is 7.72. The number of hydrogen-bond donors (Lipinski definition) is 3. The Kier molecular flexibility index (Phi) is 9.42. The van der Waals surface area contributed by atoms with Crippen LogP contribution in [-0.2, 0) is 9.84 Å². The number of phenolic OH excluding ortho intramolecular Hbond substituents is 1. The molecular formula is C32H33F4N3O4S. The molecule has 12 heteroatoms. The van der Waals surface area contributed by atoms with Crippen molar-refractivity contribution in [2.24, 2.45) is 5.41 Å². The highest BCUT2D eigenvalue weighted by Crippen LogP contribution is 2.52. The van der Waals surface area contributed by atoms with Crippen LogP contribution in [0.3, 0.4) is 0 Å². The predicted octanol–water partition coefficient (Wildman–Crippen LogP) is 6.27. The number of alkyl halides is 4. The zero-order chi connectivity index (χ0) is 32.3. The van der Waals surface area contributed by atoms with Crippen LogP contribution in [0.2, 0.25) is 0 Å². The van der Waals surface area contributed by atoms with E-state index in [0.717, 1.165) is 6.26 Å². The summed E-state index contributed by atoms with van der Waals surface area (Å²) >= 11 is 0. The fourth-order valence-corrected chi connectivity index (χ4v) is 5.95. The van der Waals surface area contributed by atoms with Gasteiger partial charge in [-0.1, -0.05) is 48.5 Å². The van der Waals surface area contributed by atoms with Gasteiger partial charge in [-0.15, -0.1) is 0 Å². The van der Waals surface area contributed by atoms with E-state index < -0.39 is 51.5 Å². The van der Waals surface area contributed by atoms with Gasteiger partial charge >= 0.3 is 6.18 Å². The van der Waals surface area contributed by atoms with Crippen LogP contribution in [0.4, 0.5) is 17.6 Å². The number of nitrogens with zero attached hydrogens (tertiary/aromatic N) is 1. The maximum atomic E-state index is 15.8. The summed E-state index contributed by atoms with van der Waals surface area (Å²) in [6, 6.07) is 15.8. The lowest BCUT2D eigenvalue weighted by Gasteiger charge is -2.33. The molecule has 3 aromatic carbocycles. The Bertz CT molecular complexity index is 1630. The summed E-state index contributed by atoms with van der Waals surface area (Å²) in [5.41, 5.74) is -1.92. The van der Waals surface area contributed by atoms with Crippen molar-refractivity contribution in [2.75, 3.05) is 12.8 Å². The number of nitriles is 1. The second-order valence-corrected chi connectivity index (χ2v) is 13.7. The van der Waals surface area contributed by atoms with E-state index in [1.165, 1.54) is 67.6 Å². The molecule has 0 saturated heterocycles. The molecule has 3 aromatic rings. The SMILES string of the molecule is CC(F)(CC(CNC(=O)c1ccccc1O)N[C@@H](c1ccc(-c2ccc(S(C)(=O)=O)cc2)cc1)C(F)(F)F)CC1(C#N)CC1. The van der Waals surface area contributed by atoms with Gasteiger partial charge in [-0.25, -0.2) is 12.8 Å². The molecular weight excluding hydrogens is 598 g/mol. The highest BCUT2D eigenvalue weighted by Gasteiger charge is 2.50. The molecule has 1 aliphatic carbocycles. The monoisotopic (exact) mass is 631 g/mol. The van der Waals surface area contributed by atoms with Gasteiger partial charge in [0.1, 0.15) is 17.5 Å². The molecule has 1 fully saturated rings. The molecule has 1 saturated carbocycles. The van der Waals surface area contributed by atoms with Gasteiger partial charge in [0.2, 0.25) is 0 Å². The second kappa shape index (κ2) is 12.6. The van der Waals surface area contributed by atoms with E-state index in [-0.39, 0.29) is 34.7 Å². The summed E-state index contributed by atoms with van der Waals surface area (Å²) in [6.45, 7) is 0.861. The average molecular weight is 632 g/mol. The zero-order valence-electron chi connectivity index (χ0n) is 24.2. The first-order valence-electron chi connectivity index (χ1n) is 13.9. The normalized spacial score (nSPS) is 17.1. The quantitative estimate of drug-likeness (QED) is 0.203. The zero-order valence-corrected chi connectivity index (χ0v) is 25.0. The molecule has 234 valence electrons. The van der Waals surface area contributed by atoms with Gasteiger partial charge in [0.05, 0.1) is 21.9 Å². The number of rotatable bonds is 12. The van der Waals surface area contributed by atoms with Crippen LogP contribution in [0.15, 0.2) is 77.7 Å². The van der Waals surface area contributed by atoms with Crippen LogP contribution in [0, 0.1) is 16.7 Å². The third-order valence-corrected chi connectivity index (χ3v) is 8.85. The number of nitrogens with one attached hydrogen (secondary N) is 2. The first-order valence-corrected chi connectivity index (χ1v) is 15.8. The lowest BCUT2D eigenvalue weighted by molar-refractivity contribution is -0.160. The Morgan fingerprint density at radius 2 is 1.57 bits per heavy atom. The topological polar surface area (TPSA) is 119 Å². The molecule has 44 heavy (non-hydrogen) atoms. The Hall–Kier alpha value is -3.95. The number of benzene rings is 3. The number of hydrogen-bond acceptors (Lipinski definition) is 6. The van der Waals surface area contributed by atoms with Gasteiger partial charge in [-0.3, -0.25) is 10.1 Å². The van der Waals surface area contributed by atoms with Crippen molar-refractivity contribution in [3.05, 3.63) is 83.9 Å². The maximum Gasteiger partial charge on any atom is 0.407 e. The highest BCUT2D eigenvalue weighted by molar-refractivity contribution is 7.90. The summed E-state index contributed by atoms with van der Waals surface area (Å²) in [5, 5.41) is 24.5. The van der Waals surface area contributed by atoms with Crippen molar-refractivity contribution < 1.29 is 35.9 Å². The van der Waals surface area contributed by atoms with Gasteiger partial charge in [0.25, 0.3) is 5.91 Å². The minimum atomic E-state index is -4.80. The van der Waals surface area contributed by atoms with Crippen LogP contribution in [0.5, 0.6) is 5.75 Å². The van der Waals surface area contributed by atoms with Crippen LogP contribution in [0.1, 0.15) is 54.6 Å². The van der Waals surface area contributed by atoms with Gasteiger partial charge < -0.3 is 10.4 Å². The molecule has 0 spiro atoms. The van der Waals surface area contributed by atoms with Gasteiger partial charge in [0, 0.05) is 18.8 Å². The van der Waals surface area contributed by atoms with E-state index in [0.29, 0.717) is 24.0 Å². The number of phenols is 1. The molecule has 1 aliphatic rings. The average Bonchev–Trinajstić information content (AvgIpc) is 3.72. The highest BCUT2D eigenvalue weighted by atomic mass is 32.2. The van der Waals surface area contributed by atoms with Crippen molar-refractivity contribution in [2.45, 2.75) is 61.4 Å². The van der Waals surface area contributed by atoms with E-state index in [1.807, 2.05) is 0 Å². The van der Waals surface area contributed by atoms with Gasteiger partial charge in [-0.05, 0) is 73.6 Å². The molecule has 0 aromatic heterocycles. The largest absolute Gasteiger partial charge is 0.507 e. The Balaban J connectivity index is 1.57. The van der Waals surface area contributed by atoms with Crippen molar-refractivity contribution in [3.8, 4) is 22.9 Å². The molecule has 2 unspecified atom stereocenters. The summed E-state index contributed by atoms with van der Waals surface area (Å²) in [6.07, 6.45) is -3.26. The third kappa shape index (κ3) is 8.36. The first-order chi connectivity index (χ1) is 20.5. The van der Waals surface area contributed by atoms with Crippen molar-refractivity contribution in [3.63, 3.8) is 0 Å². The van der Waals surface area contributed by atoms with Crippen LogP contribution >= 0.6 is 0 Å². The summed E-state index contributed by atoms with van der Waals surface area (Å²) < 4.78 is 82.7. The van der Waals surface area contributed by atoms with E-state index in [1.54, 1.807) is 12.1 Å². The fourth-order valence-electron chi connectivity index (χ4n) is 5.32. The second-order valence-electron chi connectivity index (χ2n) is 11.7. The van der Waals surface area contributed by atoms with Crippen LogP contribution < -0.4 is 10.6 Å². The van der Waals surface area contributed by atoms with E-state index in [9.17, 15) is 36.8 Å². The Morgan fingerprint density at radius 1 is 1.00 bits per heavy atom. The number of carbonyl (C=O) groups is 1. The molecule has 0 heterocycles. The number of halogens is 4. The van der Waals surface area contributed by atoms with E-state index in [4.69, 9.17) is 0 Å². The Labute approximate surface area is 253 Å². The number of sulfone groups is 1. The van der Waals surface area contributed by atoms with Crippen molar-refractivity contribution >= 4 is 15.7 Å². The Morgan fingerprint density at radius 3 is 2.07 bits per heavy atom. The lowest BCUT2D eigenvalue weighted by atomic mass is 9.86. The van der Waals surface area contributed by atoms with Crippen molar-refractivity contribution in [1.82, 2.24) is 10.6 Å². The number of amides is 1. The minimum absolute atomic E-state index is 0.0804. The molecule has 3 atom stereocenters. The molecule has 7 nitrogen and oxygen atoms in total. The van der Waals surface area contributed by atoms with Crippen molar-refractivity contribution in [1.29, 1.82) is 5.26 Å². The molecule has 1 amide bonds. The first kappa shape index (κ1) is 33.0. The van der Waals surface area contributed by atoms with E-state index >= 15 is 4.39 Å². The molecule has 0 radical (unpaired) electrons. The maximum absolute atomic E-state index is 15.8.